The Kier molecular flexibility index (Phi) is 3.92. The van der Waals surface area contributed by atoms with Crippen molar-refractivity contribution < 1.29 is 13.9 Å². The summed E-state index contributed by atoms with van der Waals surface area (Å²) in [7, 11) is 0. The van der Waals surface area contributed by atoms with Crippen molar-refractivity contribution in [3.8, 4) is 11.5 Å². The van der Waals surface area contributed by atoms with E-state index in [9.17, 15) is 4.39 Å². The van der Waals surface area contributed by atoms with E-state index in [1.54, 1.807) is 19.1 Å². The van der Waals surface area contributed by atoms with Crippen molar-refractivity contribution in [2.45, 2.75) is 50.7 Å². The van der Waals surface area contributed by atoms with Crippen LogP contribution >= 0.6 is 11.6 Å². The van der Waals surface area contributed by atoms with Crippen LogP contribution in [0.3, 0.4) is 0 Å². The smallest absolute Gasteiger partial charge is 0.278 e. The maximum Gasteiger partial charge on any atom is 0.278 e. The molecule has 1 aliphatic carbocycles. The molecule has 2 aromatic carbocycles. The second-order valence-corrected chi connectivity index (χ2v) is 7.22. The van der Waals surface area contributed by atoms with Crippen LogP contribution in [0.15, 0.2) is 36.4 Å². The van der Waals surface area contributed by atoms with E-state index in [2.05, 4.69) is 6.07 Å². The summed E-state index contributed by atoms with van der Waals surface area (Å²) in [5.41, 5.74) is 1.54. The van der Waals surface area contributed by atoms with E-state index >= 15 is 0 Å². The van der Waals surface area contributed by atoms with Gasteiger partial charge in [0.15, 0.2) is 11.5 Å². The normalized spacial score (nSPS) is 23.5. The third kappa shape index (κ3) is 2.65. The Bertz CT molecular complexity index is 770. The zero-order chi connectivity index (χ0) is 16.7. The highest BCUT2D eigenvalue weighted by molar-refractivity contribution is 6.30. The summed E-state index contributed by atoms with van der Waals surface area (Å²) in [4.78, 5) is 0. The molecule has 0 saturated heterocycles. The van der Waals surface area contributed by atoms with Crippen molar-refractivity contribution in [3.05, 3.63) is 58.4 Å². The van der Waals surface area contributed by atoms with Gasteiger partial charge in [0.2, 0.25) is 0 Å². The molecule has 4 heteroatoms. The van der Waals surface area contributed by atoms with Gasteiger partial charge in [-0.25, -0.2) is 4.39 Å². The Morgan fingerprint density at radius 3 is 2.62 bits per heavy atom. The van der Waals surface area contributed by atoms with E-state index in [-0.39, 0.29) is 0 Å². The maximum absolute atomic E-state index is 14.4. The number of hydrogen-bond donors (Lipinski definition) is 0. The first-order chi connectivity index (χ1) is 11.6. The molecule has 0 N–H and O–H groups in total. The van der Waals surface area contributed by atoms with Gasteiger partial charge in [-0.05, 0) is 43.0 Å². The molecule has 0 aromatic heterocycles. The first kappa shape index (κ1) is 15.8. The van der Waals surface area contributed by atoms with Crippen LogP contribution in [0.2, 0.25) is 5.02 Å². The summed E-state index contributed by atoms with van der Waals surface area (Å²) in [5, 5.41) is 0.359. The molecular formula is C20H20ClFO2. The number of fused-ring (bicyclic) bond motifs is 1. The van der Waals surface area contributed by atoms with Crippen LogP contribution in [-0.2, 0) is 5.79 Å². The van der Waals surface area contributed by atoms with Crippen molar-refractivity contribution in [3.63, 3.8) is 0 Å². The highest BCUT2D eigenvalue weighted by atomic mass is 35.5. The number of ether oxygens (including phenoxy) is 2. The molecular weight excluding hydrogens is 327 g/mol. The molecule has 1 heterocycles. The van der Waals surface area contributed by atoms with Crippen molar-refractivity contribution in [2.75, 3.05) is 0 Å². The molecule has 0 spiro atoms. The minimum absolute atomic E-state index is 0.359. The quantitative estimate of drug-likeness (QED) is 0.647. The van der Waals surface area contributed by atoms with Gasteiger partial charge in [0.1, 0.15) is 5.82 Å². The highest BCUT2D eigenvalue weighted by Gasteiger charge is 2.42. The fourth-order valence-corrected chi connectivity index (χ4v) is 4.01. The van der Waals surface area contributed by atoms with Crippen LogP contribution in [0.5, 0.6) is 11.5 Å². The van der Waals surface area contributed by atoms with Gasteiger partial charge in [0, 0.05) is 17.5 Å². The SMILES string of the molecule is C[C@]1(c2ccc(Cl)cc2F)Oc2cccc(C3CCCCC3)c2O1. The third-order valence-corrected chi connectivity index (χ3v) is 5.31. The summed E-state index contributed by atoms with van der Waals surface area (Å²) < 4.78 is 26.6. The van der Waals surface area contributed by atoms with E-state index in [1.807, 2.05) is 12.1 Å². The standard InChI is InChI=1S/C20H20ClFO2/c1-20(16-11-10-14(21)12-17(16)22)23-18-9-5-8-15(19(18)24-20)13-6-3-2-4-7-13/h5,8-13H,2-4,6-7H2,1H3/t20-/m0/s1. The molecule has 0 unspecified atom stereocenters. The molecule has 1 aliphatic heterocycles. The zero-order valence-corrected chi connectivity index (χ0v) is 14.4. The molecule has 1 atom stereocenters. The molecule has 2 aliphatic rings. The Hall–Kier alpha value is -1.74. The summed E-state index contributed by atoms with van der Waals surface area (Å²) in [6.45, 7) is 1.75. The van der Waals surface area contributed by atoms with Crippen molar-refractivity contribution in [1.82, 2.24) is 0 Å². The largest absolute Gasteiger partial charge is 0.444 e. The Morgan fingerprint density at radius 2 is 1.88 bits per heavy atom. The van der Waals surface area contributed by atoms with Gasteiger partial charge >= 0.3 is 0 Å². The monoisotopic (exact) mass is 346 g/mol. The lowest BCUT2D eigenvalue weighted by Gasteiger charge is -2.25. The van der Waals surface area contributed by atoms with Gasteiger partial charge < -0.3 is 9.47 Å². The lowest BCUT2D eigenvalue weighted by atomic mass is 9.83. The zero-order valence-electron chi connectivity index (χ0n) is 13.6. The number of benzene rings is 2. The molecule has 1 saturated carbocycles. The number of halogens is 2. The van der Waals surface area contributed by atoms with Crippen molar-refractivity contribution in [1.29, 1.82) is 0 Å². The van der Waals surface area contributed by atoms with Crippen LogP contribution in [-0.4, -0.2) is 0 Å². The first-order valence-corrected chi connectivity index (χ1v) is 8.91. The van der Waals surface area contributed by atoms with Crippen LogP contribution in [0.1, 0.15) is 56.1 Å². The molecule has 2 nitrogen and oxygen atoms in total. The van der Waals surface area contributed by atoms with Crippen molar-refractivity contribution >= 4 is 11.6 Å². The van der Waals surface area contributed by atoms with Gasteiger partial charge in [0.05, 0.1) is 5.56 Å². The summed E-state index contributed by atoms with van der Waals surface area (Å²) in [6.07, 6.45) is 6.14. The fourth-order valence-electron chi connectivity index (χ4n) is 3.85. The van der Waals surface area contributed by atoms with E-state index in [0.29, 0.717) is 22.3 Å². The van der Waals surface area contributed by atoms with E-state index in [4.69, 9.17) is 21.1 Å². The van der Waals surface area contributed by atoms with Gasteiger partial charge in [0.25, 0.3) is 5.79 Å². The predicted molar refractivity (Wildman–Crippen MR) is 92.3 cm³/mol. The molecule has 0 amide bonds. The average molecular weight is 347 g/mol. The molecule has 4 rings (SSSR count). The van der Waals surface area contributed by atoms with Crippen LogP contribution in [0, 0.1) is 5.82 Å². The maximum atomic E-state index is 14.4. The van der Waals surface area contributed by atoms with Gasteiger partial charge in [-0.15, -0.1) is 0 Å². The summed E-state index contributed by atoms with van der Waals surface area (Å²) in [5.74, 6) is 0.366. The molecule has 0 radical (unpaired) electrons. The average Bonchev–Trinajstić information content (AvgIpc) is 2.92. The Labute approximate surface area is 146 Å². The number of hydrogen-bond acceptors (Lipinski definition) is 2. The van der Waals surface area contributed by atoms with E-state index in [0.717, 1.165) is 5.75 Å². The molecule has 126 valence electrons. The molecule has 2 aromatic rings. The lowest BCUT2D eigenvalue weighted by Crippen LogP contribution is -2.32. The van der Waals surface area contributed by atoms with Gasteiger partial charge in [-0.2, -0.15) is 0 Å². The van der Waals surface area contributed by atoms with Crippen LogP contribution in [0.4, 0.5) is 4.39 Å². The number of para-hydroxylation sites is 1. The Morgan fingerprint density at radius 1 is 1.08 bits per heavy atom. The summed E-state index contributed by atoms with van der Waals surface area (Å²) >= 11 is 5.86. The topological polar surface area (TPSA) is 18.5 Å². The van der Waals surface area contributed by atoms with Gasteiger partial charge in [-0.3, -0.25) is 0 Å². The van der Waals surface area contributed by atoms with E-state index < -0.39 is 11.6 Å². The molecule has 1 fully saturated rings. The third-order valence-electron chi connectivity index (χ3n) is 5.08. The predicted octanol–water partition coefficient (Wildman–Crippen LogP) is 6.17. The second-order valence-electron chi connectivity index (χ2n) is 6.78. The molecule has 24 heavy (non-hydrogen) atoms. The van der Waals surface area contributed by atoms with Crippen molar-refractivity contribution in [2.24, 2.45) is 0 Å². The van der Waals surface area contributed by atoms with E-state index in [1.165, 1.54) is 43.7 Å². The van der Waals surface area contributed by atoms with Crippen LogP contribution < -0.4 is 9.47 Å². The Balaban J connectivity index is 1.70. The minimum atomic E-state index is -1.16. The summed E-state index contributed by atoms with van der Waals surface area (Å²) in [6, 6.07) is 10.6. The lowest BCUT2D eigenvalue weighted by molar-refractivity contribution is -0.0711. The highest BCUT2D eigenvalue weighted by Crippen LogP contribution is 2.50. The number of rotatable bonds is 2. The fraction of sp³-hybridized carbons (Fsp3) is 0.400. The van der Waals surface area contributed by atoms with Crippen LogP contribution in [0.25, 0.3) is 0 Å². The molecule has 0 bridgehead atoms. The minimum Gasteiger partial charge on any atom is -0.444 e. The first-order valence-electron chi connectivity index (χ1n) is 8.53. The van der Waals surface area contributed by atoms with Gasteiger partial charge in [-0.1, -0.05) is 43.0 Å². The second kappa shape index (κ2) is 5.96.